The van der Waals surface area contributed by atoms with Crippen molar-refractivity contribution in [3.05, 3.63) is 37.8 Å². The molecular weight excluding hydrogens is 390 g/mol. The van der Waals surface area contributed by atoms with Crippen LogP contribution in [0.5, 0.6) is 0 Å². The van der Waals surface area contributed by atoms with Gasteiger partial charge >= 0.3 is 5.97 Å². The Bertz CT molecular complexity index is 783. The van der Waals surface area contributed by atoms with Crippen molar-refractivity contribution in [2.45, 2.75) is 13.3 Å². The summed E-state index contributed by atoms with van der Waals surface area (Å²) in [5.41, 5.74) is 0.916. The number of carbonyl (C=O) groups is 1. The van der Waals surface area contributed by atoms with Gasteiger partial charge in [0.05, 0.1) is 21.9 Å². The molecule has 0 unspecified atom stereocenters. The second-order valence-corrected chi connectivity index (χ2v) is 8.53. The molecule has 0 radical (unpaired) electrons. The summed E-state index contributed by atoms with van der Waals surface area (Å²) in [5.74, 6) is -0.804. The summed E-state index contributed by atoms with van der Waals surface area (Å²) in [6.07, 6.45) is 0.0682. The van der Waals surface area contributed by atoms with Crippen molar-refractivity contribution in [2.24, 2.45) is 0 Å². The molecule has 0 aromatic carbocycles. The van der Waals surface area contributed by atoms with Crippen molar-refractivity contribution in [3.63, 3.8) is 0 Å². The van der Waals surface area contributed by atoms with E-state index in [4.69, 9.17) is 5.11 Å². The summed E-state index contributed by atoms with van der Waals surface area (Å²) < 4.78 is 1.11. The Morgan fingerprint density at radius 1 is 1.33 bits per heavy atom. The molecule has 0 atom stereocenters. The zero-order valence-electron chi connectivity index (χ0n) is 10.9. The number of aliphatic carboxylic acids is 1. The van der Waals surface area contributed by atoms with Crippen molar-refractivity contribution < 1.29 is 9.90 Å². The van der Waals surface area contributed by atoms with Crippen LogP contribution in [0.25, 0.3) is 20.5 Å². The number of hydrogen-bond acceptors (Lipinski definition) is 5. The molecule has 3 nitrogen and oxygen atoms in total. The van der Waals surface area contributed by atoms with Crippen LogP contribution in [-0.2, 0) is 11.2 Å². The highest BCUT2D eigenvalue weighted by molar-refractivity contribution is 9.10. The Balaban J connectivity index is 1.87. The second kappa shape index (κ2) is 6.00. The summed E-state index contributed by atoms with van der Waals surface area (Å²) in [5, 5.41) is 11.8. The molecule has 0 aliphatic rings. The van der Waals surface area contributed by atoms with E-state index in [0.29, 0.717) is 0 Å². The third-order valence-corrected chi connectivity index (χ3v) is 7.07. The first-order chi connectivity index (χ1) is 10.0. The predicted octanol–water partition coefficient (Wildman–Crippen LogP) is 5.30. The lowest BCUT2D eigenvalue weighted by Gasteiger charge is -1.90. The Labute approximate surface area is 142 Å². The first kappa shape index (κ1) is 14.9. The van der Waals surface area contributed by atoms with Crippen LogP contribution in [0.1, 0.15) is 9.75 Å². The van der Waals surface area contributed by atoms with Crippen LogP contribution in [-0.4, -0.2) is 16.1 Å². The fourth-order valence-corrected chi connectivity index (χ4v) is 5.28. The summed E-state index contributed by atoms with van der Waals surface area (Å²) in [7, 11) is 0. The van der Waals surface area contributed by atoms with Gasteiger partial charge in [0.25, 0.3) is 0 Å². The SMILES string of the molecule is Cc1sc(-c2nc(-c3ccc(CC(=O)O)s3)cs2)cc1Br. The number of carboxylic acid groups (broad SMARTS) is 1. The second-order valence-electron chi connectivity index (χ2n) is 4.39. The zero-order chi connectivity index (χ0) is 15.0. The van der Waals surface area contributed by atoms with Crippen LogP contribution < -0.4 is 0 Å². The molecule has 21 heavy (non-hydrogen) atoms. The predicted molar refractivity (Wildman–Crippen MR) is 92.5 cm³/mol. The van der Waals surface area contributed by atoms with Crippen LogP contribution >= 0.6 is 49.9 Å². The number of carboxylic acids is 1. The fraction of sp³-hybridized carbons (Fsp3) is 0.143. The first-order valence-electron chi connectivity index (χ1n) is 6.05. The average Bonchev–Trinajstić information content (AvgIpc) is 3.10. The van der Waals surface area contributed by atoms with Crippen molar-refractivity contribution in [3.8, 4) is 20.5 Å². The highest BCUT2D eigenvalue weighted by Gasteiger charge is 2.12. The molecule has 3 rings (SSSR count). The third kappa shape index (κ3) is 3.26. The van der Waals surface area contributed by atoms with Crippen LogP contribution in [0.3, 0.4) is 0 Å². The van der Waals surface area contributed by atoms with Crippen LogP contribution in [0.4, 0.5) is 0 Å². The molecule has 0 saturated heterocycles. The lowest BCUT2D eigenvalue weighted by Crippen LogP contribution is -1.96. The number of thiazole rings is 1. The molecule has 0 fully saturated rings. The topological polar surface area (TPSA) is 50.2 Å². The Morgan fingerprint density at radius 3 is 2.81 bits per heavy atom. The van der Waals surface area contributed by atoms with Crippen LogP contribution in [0.15, 0.2) is 28.1 Å². The maximum Gasteiger partial charge on any atom is 0.308 e. The maximum absolute atomic E-state index is 10.7. The average molecular weight is 400 g/mol. The minimum absolute atomic E-state index is 0.0682. The van der Waals surface area contributed by atoms with Gasteiger partial charge in [0.2, 0.25) is 0 Å². The molecular formula is C14H10BrNO2S3. The highest BCUT2D eigenvalue weighted by atomic mass is 79.9. The van der Waals surface area contributed by atoms with E-state index < -0.39 is 5.97 Å². The smallest absolute Gasteiger partial charge is 0.308 e. The molecule has 3 heterocycles. The largest absolute Gasteiger partial charge is 0.481 e. The van der Waals surface area contributed by atoms with E-state index >= 15 is 0 Å². The lowest BCUT2D eigenvalue weighted by molar-refractivity contribution is -0.136. The molecule has 0 aliphatic heterocycles. The van der Waals surface area contributed by atoms with E-state index in [-0.39, 0.29) is 6.42 Å². The van der Waals surface area contributed by atoms with Gasteiger partial charge in [0.15, 0.2) is 0 Å². The number of aromatic nitrogens is 1. The fourth-order valence-electron chi connectivity index (χ4n) is 1.82. The normalized spacial score (nSPS) is 11.0. The summed E-state index contributed by atoms with van der Waals surface area (Å²) in [6, 6.07) is 5.89. The molecule has 0 saturated carbocycles. The van der Waals surface area contributed by atoms with Gasteiger partial charge < -0.3 is 5.11 Å². The van der Waals surface area contributed by atoms with Crippen LogP contribution in [0, 0.1) is 6.92 Å². The number of hydrogen-bond donors (Lipinski definition) is 1. The van der Waals surface area contributed by atoms with E-state index in [1.165, 1.54) is 16.2 Å². The molecule has 3 aromatic rings. The Morgan fingerprint density at radius 2 is 2.14 bits per heavy atom. The standard InChI is InChI=1S/C14H10BrNO2S3/c1-7-9(15)5-12(20-7)14-16-10(6-19-14)11-3-2-8(21-11)4-13(17)18/h2-3,5-6H,4H2,1H3,(H,17,18). The summed E-state index contributed by atoms with van der Waals surface area (Å²) in [4.78, 5) is 19.6. The van der Waals surface area contributed by atoms with Gasteiger partial charge in [-0.2, -0.15) is 0 Å². The lowest BCUT2D eigenvalue weighted by atomic mass is 10.3. The molecule has 0 spiro atoms. The molecule has 0 aliphatic carbocycles. The molecule has 3 aromatic heterocycles. The van der Waals surface area contributed by atoms with Crippen LogP contribution in [0.2, 0.25) is 0 Å². The molecule has 1 N–H and O–H groups in total. The van der Waals surface area contributed by atoms with Crippen molar-refractivity contribution in [1.29, 1.82) is 0 Å². The minimum atomic E-state index is -0.804. The quantitative estimate of drug-likeness (QED) is 0.647. The first-order valence-corrected chi connectivity index (χ1v) is 9.36. The minimum Gasteiger partial charge on any atom is -0.481 e. The maximum atomic E-state index is 10.7. The molecule has 7 heteroatoms. The van der Waals surface area contributed by atoms with E-state index in [2.05, 4.69) is 33.9 Å². The number of aryl methyl sites for hydroxylation is 1. The van der Waals surface area contributed by atoms with Crippen molar-refractivity contribution in [1.82, 2.24) is 4.98 Å². The Kier molecular flexibility index (Phi) is 4.26. The monoisotopic (exact) mass is 399 g/mol. The van der Waals surface area contributed by atoms with Gasteiger partial charge in [-0.25, -0.2) is 4.98 Å². The van der Waals surface area contributed by atoms with Crippen molar-refractivity contribution >= 4 is 55.9 Å². The Hall–Kier alpha value is -1.02. The van der Waals surface area contributed by atoms with E-state index in [0.717, 1.165) is 29.8 Å². The van der Waals surface area contributed by atoms with Gasteiger partial charge in [-0.3, -0.25) is 4.79 Å². The number of halogens is 1. The third-order valence-electron chi connectivity index (χ3n) is 2.81. The van der Waals surface area contributed by atoms with Gasteiger partial charge in [-0.1, -0.05) is 0 Å². The summed E-state index contributed by atoms with van der Waals surface area (Å²) >= 11 is 8.34. The molecule has 0 amide bonds. The van der Waals surface area contributed by atoms with Gasteiger partial charge in [0.1, 0.15) is 5.01 Å². The highest BCUT2D eigenvalue weighted by Crippen LogP contribution is 2.38. The van der Waals surface area contributed by atoms with Crippen molar-refractivity contribution in [2.75, 3.05) is 0 Å². The molecule has 108 valence electrons. The molecule has 0 bridgehead atoms. The zero-order valence-corrected chi connectivity index (χ0v) is 15.0. The van der Waals surface area contributed by atoms with E-state index in [9.17, 15) is 4.79 Å². The summed E-state index contributed by atoms with van der Waals surface area (Å²) in [6.45, 7) is 2.07. The van der Waals surface area contributed by atoms with E-state index in [1.807, 2.05) is 17.5 Å². The number of rotatable bonds is 4. The van der Waals surface area contributed by atoms with E-state index in [1.54, 1.807) is 22.7 Å². The number of nitrogens with zero attached hydrogens (tertiary/aromatic N) is 1. The number of thiophene rings is 2. The van der Waals surface area contributed by atoms with Gasteiger partial charge in [-0.05, 0) is 41.1 Å². The van der Waals surface area contributed by atoms with Gasteiger partial charge in [-0.15, -0.1) is 34.0 Å². The van der Waals surface area contributed by atoms with Gasteiger partial charge in [0, 0.05) is 19.6 Å².